The Morgan fingerprint density at radius 2 is 1.68 bits per heavy atom. The number of halogens is 6. The average Bonchev–Trinajstić information content (AvgIpc) is 3.65. The number of pyridine rings is 1. The highest BCUT2D eigenvalue weighted by molar-refractivity contribution is 5.87. The molecule has 1 aliphatic rings. The number of tetrazole rings is 1. The molecule has 0 spiro atoms. The van der Waals surface area contributed by atoms with Crippen molar-refractivity contribution in [2.24, 2.45) is 13.0 Å². The lowest BCUT2D eigenvalue weighted by Gasteiger charge is -2.29. The maximum atomic E-state index is 13.6. The molecule has 0 radical (unpaired) electrons. The van der Waals surface area contributed by atoms with E-state index >= 15 is 0 Å². The highest BCUT2D eigenvalue weighted by atomic mass is 19.4. The molecule has 1 aromatic carbocycles. The Bertz CT molecular complexity index is 1430. The van der Waals surface area contributed by atoms with Crippen LogP contribution in [0, 0.1) is 5.92 Å². The van der Waals surface area contributed by atoms with Crippen LogP contribution in [0.2, 0.25) is 0 Å². The van der Waals surface area contributed by atoms with Gasteiger partial charge in [-0.3, -0.25) is 0 Å². The Morgan fingerprint density at radius 1 is 1.02 bits per heavy atom. The summed E-state index contributed by atoms with van der Waals surface area (Å²) in [5, 5.41) is 12.0. The van der Waals surface area contributed by atoms with Gasteiger partial charge >= 0.3 is 18.3 Å². The molecule has 238 valence electrons. The molecule has 0 unspecified atom stereocenters. The number of hydrogen-bond acceptors (Lipinski definition) is 8. The van der Waals surface area contributed by atoms with Gasteiger partial charge in [-0.15, -0.1) is 5.10 Å². The van der Waals surface area contributed by atoms with Gasteiger partial charge in [-0.2, -0.15) is 31.1 Å². The molecule has 9 nitrogen and oxygen atoms in total. The van der Waals surface area contributed by atoms with Crippen molar-refractivity contribution in [3.63, 3.8) is 0 Å². The third kappa shape index (κ3) is 8.47. The van der Waals surface area contributed by atoms with Gasteiger partial charge in [0.05, 0.1) is 25.3 Å². The fourth-order valence-electron chi connectivity index (χ4n) is 5.25. The first-order chi connectivity index (χ1) is 20.8. The second-order valence-corrected chi connectivity index (χ2v) is 10.6. The van der Waals surface area contributed by atoms with Crippen molar-refractivity contribution in [1.82, 2.24) is 25.2 Å². The number of rotatable bonds is 11. The van der Waals surface area contributed by atoms with E-state index in [9.17, 15) is 31.1 Å². The number of nitrogens with zero attached hydrogens (tertiary/aromatic N) is 7. The van der Waals surface area contributed by atoms with E-state index < -0.39 is 36.0 Å². The Kier molecular flexibility index (Phi) is 10.1. The molecule has 2 aromatic heterocycles. The first-order valence-electron chi connectivity index (χ1n) is 14.0. The lowest BCUT2D eigenvalue weighted by atomic mass is 10.0. The molecule has 1 aliphatic carbocycles. The van der Waals surface area contributed by atoms with Crippen LogP contribution in [0.3, 0.4) is 0 Å². The number of esters is 1. The number of anilines is 2. The number of methoxy groups -OCH3 is 1. The summed E-state index contributed by atoms with van der Waals surface area (Å²) in [4.78, 5) is 21.1. The molecule has 44 heavy (non-hydrogen) atoms. The third-order valence-corrected chi connectivity index (χ3v) is 7.37. The summed E-state index contributed by atoms with van der Waals surface area (Å²) in [5.41, 5.74) is -1.93. The van der Waals surface area contributed by atoms with Crippen LogP contribution in [-0.2, 0) is 42.0 Å². The summed E-state index contributed by atoms with van der Waals surface area (Å²) in [6, 6.07) is 3.23. The predicted octanol–water partition coefficient (Wildman–Crippen LogP) is 6.05. The molecule has 0 aliphatic heterocycles. The Balaban J connectivity index is 1.78. The second-order valence-electron chi connectivity index (χ2n) is 10.6. The van der Waals surface area contributed by atoms with Gasteiger partial charge in [-0.05, 0) is 72.4 Å². The predicted molar refractivity (Wildman–Crippen MR) is 150 cm³/mol. The van der Waals surface area contributed by atoms with Crippen LogP contribution in [0.25, 0.3) is 6.08 Å². The maximum absolute atomic E-state index is 13.6. The van der Waals surface area contributed by atoms with E-state index in [2.05, 4.69) is 30.0 Å². The molecule has 0 atom stereocenters. The van der Waals surface area contributed by atoms with Crippen molar-refractivity contribution in [3.05, 3.63) is 64.4 Å². The SMILES string of the molecule is CCN(CC1CCCC1)c1ncc(/C=C/C(=O)OC)cc1CN(Cc1cc(C(F)(F)F)cc(C(F)(F)F)c1)c1nnn(C)n1. The molecule has 0 bridgehead atoms. The van der Waals surface area contributed by atoms with Gasteiger partial charge in [-0.25, -0.2) is 9.78 Å². The molecule has 1 saturated carbocycles. The molecule has 4 rings (SSSR count). The van der Waals surface area contributed by atoms with Crippen LogP contribution in [0.15, 0.2) is 36.5 Å². The minimum atomic E-state index is -5.00. The zero-order valence-corrected chi connectivity index (χ0v) is 24.5. The molecule has 15 heteroatoms. The maximum Gasteiger partial charge on any atom is 0.416 e. The lowest BCUT2D eigenvalue weighted by Crippen LogP contribution is -2.32. The average molecular weight is 626 g/mol. The van der Waals surface area contributed by atoms with Gasteiger partial charge in [0, 0.05) is 44.0 Å². The molecule has 0 N–H and O–H groups in total. The van der Waals surface area contributed by atoms with Gasteiger partial charge in [0.1, 0.15) is 5.82 Å². The normalized spacial score (nSPS) is 14.4. The van der Waals surface area contributed by atoms with E-state index in [1.165, 1.54) is 31.2 Å². The summed E-state index contributed by atoms with van der Waals surface area (Å²) in [5.74, 6) is 0.483. The zero-order valence-electron chi connectivity index (χ0n) is 24.5. The molecule has 0 saturated heterocycles. The van der Waals surface area contributed by atoms with E-state index in [4.69, 9.17) is 0 Å². The zero-order chi connectivity index (χ0) is 32.1. The number of aromatic nitrogens is 5. The molecular weight excluding hydrogens is 592 g/mol. The van der Waals surface area contributed by atoms with Crippen molar-refractivity contribution in [2.45, 2.75) is 58.0 Å². The minimum absolute atomic E-state index is 0.00114. The van der Waals surface area contributed by atoms with Crippen LogP contribution in [0.4, 0.5) is 38.1 Å². The van der Waals surface area contributed by atoms with E-state index in [-0.39, 0.29) is 24.1 Å². The number of carbonyl (C=O) groups excluding carboxylic acids is 1. The Morgan fingerprint density at radius 3 is 2.23 bits per heavy atom. The van der Waals surface area contributed by atoms with E-state index in [1.54, 1.807) is 12.3 Å². The third-order valence-electron chi connectivity index (χ3n) is 7.37. The molecular formula is C29H33F6N7O2. The van der Waals surface area contributed by atoms with Crippen LogP contribution in [-0.4, -0.2) is 51.4 Å². The van der Waals surface area contributed by atoms with Crippen molar-refractivity contribution in [3.8, 4) is 0 Å². The molecule has 3 aromatic rings. The largest absolute Gasteiger partial charge is 0.466 e. The van der Waals surface area contributed by atoms with Gasteiger partial charge < -0.3 is 14.5 Å². The van der Waals surface area contributed by atoms with Crippen LogP contribution >= 0.6 is 0 Å². The van der Waals surface area contributed by atoms with Gasteiger partial charge in [0.2, 0.25) is 0 Å². The Hall–Kier alpha value is -4.17. The highest BCUT2D eigenvalue weighted by Crippen LogP contribution is 2.37. The van der Waals surface area contributed by atoms with Crippen molar-refractivity contribution in [1.29, 1.82) is 0 Å². The van der Waals surface area contributed by atoms with Crippen LogP contribution in [0.5, 0.6) is 0 Å². The minimum Gasteiger partial charge on any atom is -0.466 e. The summed E-state index contributed by atoms with van der Waals surface area (Å²) >= 11 is 0. The highest BCUT2D eigenvalue weighted by Gasteiger charge is 2.37. The van der Waals surface area contributed by atoms with Crippen LogP contribution < -0.4 is 9.80 Å². The first kappa shape index (κ1) is 32.7. The number of carbonyl (C=O) groups is 1. The summed E-state index contributed by atoms with van der Waals surface area (Å²) in [6.07, 6.45) is -1.23. The number of hydrogen-bond donors (Lipinski definition) is 0. The van der Waals surface area contributed by atoms with E-state index in [0.29, 0.717) is 41.5 Å². The smallest absolute Gasteiger partial charge is 0.416 e. The van der Waals surface area contributed by atoms with E-state index in [0.717, 1.165) is 37.0 Å². The number of ether oxygens (including phenoxy) is 1. The topological polar surface area (TPSA) is 89.3 Å². The number of benzene rings is 1. The Labute approximate surface area is 250 Å². The monoisotopic (exact) mass is 625 g/mol. The molecule has 2 heterocycles. The van der Waals surface area contributed by atoms with Gasteiger partial charge in [-0.1, -0.05) is 17.9 Å². The van der Waals surface area contributed by atoms with Crippen molar-refractivity contribution >= 4 is 23.8 Å². The van der Waals surface area contributed by atoms with Crippen LogP contribution in [0.1, 0.15) is 60.4 Å². The number of alkyl halides is 6. The van der Waals surface area contributed by atoms with Crippen molar-refractivity contribution in [2.75, 3.05) is 30.0 Å². The second kappa shape index (κ2) is 13.6. The molecule has 1 fully saturated rings. The standard InChI is InChI=1S/C29H33F6N7O2/c1-4-41(16-19-7-5-6-8-19)26-22(11-20(15-36-26)9-10-25(43)44-3)18-42(27-37-39-40(2)38-27)17-21-12-23(28(30,31)32)14-24(13-21)29(33,34)35/h9-15,19H,4-8,16-18H2,1-3H3/b10-9+. The fraction of sp³-hybridized carbons (Fsp3) is 0.483. The van der Waals surface area contributed by atoms with Crippen molar-refractivity contribution < 1.29 is 35.9 Å². The summed E-state index contributed by atoms with van der Waals surface area (Å²) in [7, 11) is 2.73. The lowest BCUT2D eigenvalue weighted by molar-refractivity contribution is -0.143. The number of aryl methyl sites for hydroxylation is 1. The van der Waals surface area contributed by atoms with E-state index in [1.807, 2.05) is 6.92 Å². The van der Waals surface area contributed by atoms with Gasteiger partial charge in [0.25, 0.3) is 5.95 Å². The van der Waals surface area contributed by atoms with Gasteiger partial charge in [0.15, 0.2) is 0 Å². The summed E-state index contributed by atoms with van der Waals surface area (Å²) < 4.78 is 86.4. The summed E-state index contributed by atoms with van der Waals surface area (Å²) in [6.45, 7) is 2.90. The fourth-order valence-corrected chi connectivity index (χ4v) is 5.25. The molecule has 0 amide bonds. The first-order valence-corrected chi connectivity index (χ1v) is 14.0. The quantitative estimate of drug-likeness (QED) is 0.145.